The van der Waals surface area contributed by atoms with Crippen molar-refractivity contribution in [1.82, 2.24) is 9.88 Å². The minimum atomic E-state index is 0.00182. The smallest absolute Gasteiger partial charge is 0.260 e. The largest absolute Gasteiger partial charge is 0.482 e. The molecule has 1 fully saturated rings. The maximum absolute atomic E-state index is 11.7. The van der Waals surface area contributed by atoms with E-state index in [1.807, 2.05) is 0 Å². The average Bonchev–Trinajstić information content (AvgIpc) is 2.90. The zero-order valence-electron chi connectivity index (χ0n) is 9.46. The van der Waals surface area contributed by atoms with E-state index in [-0.39, 0.29) is 12.5 Å². The Hall–Kier alpha value is -1.91. The van der Waals surface area contributed by atoms with E-state index in [1.54, 1.807) is 17.0 Å². The number of carbonyl (C=O) groups excluding carboxylic acids is 2. The third-order valence-corrected chi connectivity index (χ3v) is 2.70. The van der Waals surface area contributed by atoms with Gasteiger partial charge >= 0.3 is 0 Å². The fourth-order valence-corrected chi connectivity index (χ4v) is 1.75. The topological polar surface area (TPSA) is 59.5 Å². The molecule has 90 valence electrons. The molecule has 0 radical (unpaired) electrons. The van der Waals surface area contributed by atoms with E-state index in [2.05, 4.69) is 4.98 Å². The molecule has 1 aliphatic rings. The lowest BCUT2D eigenvalue weighted by Crippen LogP contribution is -2.32. The first-order chi connectivity index (χ1) is 8.29. The van der Waals surface area contributed by atoms with E-state index in [0.717, 1.165) is 25.9 Å². The minimum Gasteiger partial charge on any atom is -0.482 e. The third kappa shape index (κ3) is 3.03. The predicted molar refractivity (Wildman–Crippen MR) is 60.9 cm³/mol. The summed E-state index contributed by atoms with van der Waals surface area (Å²) in [5.41, 5.74) is 0.350. The van der Waals surface area contributed by atoms with Crippen molar-refractivity contribution in [2.45, 2.75) is 12.8 Å². The van der Waals surface area contributed by atoms with E-state index in [4.69, 9.17) is 4.74 Å². The molecule has 2 heterocycles. The summed E-state index contributed by atoms with van der Waals surface area (Å²) in [4.78, 5) is 27.7. The predicted octanol–water partition coefficient (Wildman–Crippen LogP) is 0.895. The Labute approximate surface area is 99.4 Å². The van der Waals surface area contributed by atoms with Crippen molar-refractivity contribution in [2.75, 3.05) is 19.7 Å². The normalized spacial score (nSPS) is 14.7. The van der Waals surface area contributed by atoms with Gasteiger partial charge in [0, 0.05) is 13.1 Å². The molecule has 0 bridgehead atoms. The molecule has 2 rings (SSSR count). The van der Waals surface area contributed by atoms with Gasteiger partial charge in [-0.2, -0.15) is 0 Å². The first-order valence-corrected chi connectivity index (χ1v) is 5.61. The van der Waals surface area contributed by atoms with Gasteiger partial charge in [0.05, 0.1) is 6.20 Å². The molecule has 1 aromatic heterocycles. The number of rotatable bonds is 4. The standard InChI is InChI=1S/C12H14N2O3/c15-8-10-3-4-11(7-13-10)17-9-12(16)14-5-1-2-6-14/h3-4,7-8H,1-2,5-6,9H2. The van der Waals surface area contributed by atoms with Crippen LogP contribution in [0.3, 0.4) is 0 Å². The lowest BCUT2D eigenvalue weighted by Gasteiger charge is -2.15. The van der Waals surface area contributed by atoms with Crippen LogP contribution in [0.15, 0.2) is 18.3 Å². The van der Waals surface area contributed by atoms with Crippen LogP contribution >= 0.6 is 0 Å². The van der Waals surface area contributed by atoms with Crippen LogP contribution in [-0.4, -0.2) is 41.8 Å². The lowest BCUT2D eigenvalue weighted by atomic mass is 10.4. The number of aldehydes is 1. The molecule has 0 spiro atoms. The van der Waals surface area contributed by atoms with Gasteiger partial charge in [-0.1, -0.05) is 0 Å². The highest BCUT2D eigenvalue weighted by Crippen LogP contribution is 2.10. The van der Waals surface area contributed by atoms with Crippen molar-refractivity contribution >= 4 is 12.2 Å². The van der Waals surface area contributed by atoms with Crippen LogP contribution in [0, 0.1) is 0 Å². The molecule has 0 saturated carbocycles. The summed E-state index contributed by atoms with van der Waals surface area (Å²) in [5, 5.41) is 0. The monoisotopic (exact) mass is 234 g/mol. The van der Waals surface area contributed by atoms with Crippen LogP contribution in [0.25, 0.3) is 0 Å². The fourth-order valence-electron chi connectivity index (χ4n) is 1.75. The number of nitrogens with zero attached hydrogens (tertiary/aromatic N) is 2. The quantitative estimate of drug-likeness (QED) is 0.726. The van der Waals surface area contributed by atoms with Crippen molar-refractivity contribution in [1.29, 1.82) is 0 Å². The molecule has 0 aliphatic carbocycles. The number of amides is 1. The summed E-state index contributed by atoms with van der Waals surface area (Å²) in [7, 11) is 0. The number of ether oxygens (including phenoxy) is 1. The van der Waals surface area contributed by atoms with Gasteiger partial charge in [-0.25, -0.2) is 4.98 Å². The summed E-state index contributed by atoms with van der Waals surface area (Å²) in [5.74, 6) is 0.505. The number of carbonyl (C=O) groups is 2. The Morgan fingerprint density at radius 1 is 1.41 bits per heavy atom. The van der Waals surface area contributed by atoms with Crippen LogP contribution in [0.1, 0.15) is 23.3 Å². The van der Waals surface area contributed by atoms with E-state index in [1.165, 1.54) is 6.20 Å². The van der Waals surface area contributed by atoms with Crippen LogP contribution in [0.4, 0.5) is 0 Å². The summed E-state index contributed by atoms with van der Waals surface area (Å²) in [6.07, 6.45) is 4.25. The highest BCUT2D eigenvalue weighted by Gasteiger charge is 2.17. The number of pyridine rings is 1. The Morgan fingerprint density at radius 2 is 2.18 bits per heavy atom. The fraction of sp³-hybridized carbons (Fsp3) is 0.417. The maximum Gasteiger partial charge on any atom is 0.260 e. The van der Waals surface area contributed by atoms with Crippen molar-refractivity contribution in [3.8, 4) is 5.75 Å². The minimum absolute atomic E-state index is 0.00182. The number of hydrogen-bond acceptors (Lipinski definition) is 4. The third-order valence-electron chi connectivity index (χ3n) is 2.70. The maximum atomic E-state index is 11.7. The molecule has 5 nitrogen and oxygen atoms in total. The molecular weight excluding hydrogens is 220 g/mol. The summed E-state index contributed by atoms with van der Waals surface area (Å²) in [6, 6.07) is 3.19. The molecule has 17 heavy (non-hydrogen) atoms. The highest BCUT2D eigenvalue weighted by atomic mass is 16.5. The second-order valence-corrected chi connectivity index (χ2v) is 3.91. The van der Waals surface area contributed by atoms with E-state index in [0.29, 0.717) is 17.7 Å². The van der Waals surface area contributed by atoms with E-state index < -0.39 is 0 Å². The van der Waals surface area contributed by atoms with Crippen LogP contribution in [0.5, 0.6) is 5.75 Å². The van der Waals surface area contributed by atoms with Gasteiger partial charge in [-0.05, 0) is 25.0 Å². The second kappa shape index (κ2) is 5.43. The molecule has 0 unspecified atom stereocenters. The van der Waals surface area contributed by atoms with Gasteiger partial charge in [0.1, 0.15) is 11.4 Å². The van der Waals surface area contributed by atoms with Gasteiger partial charge in [0.2, 0.25) is 0 Å². The molecule has 1 aliphatic heterocycles. The molecule has 5 heteroatoms. The van der Waals surface area contributed by atoms with Gasteiger partial charge in [-0.15, -0.1) is 0 Å². The Kier molecular flexibility index (Phi) is 3.69. The SMILES string of the molecule is O=Cc1ccc(OCC(=O)N2CCCC2)cn1. The molecule has 1 aromatic rings. The zero-order chi connectivity index (χ0) is 12.1. The van der Waals surface area contributed by atoms with Crippen molar-refractivity contribution < 1.29 is 14.3 Å². The van der Waals surface area contributed by atoms with Gasteiger partial charge in [-0.3, -0.25) is 9.59 Å². The van der Waals surface area contributed by atoms with Crippen LogP contribution in [0.2, 0.25) is 0 Å². The van der Waals surface area contributed by atoms with Crippen molar-refractivity contribution in [3.63, 3.8) is 0 Å². The molecule has 0 aromatic carbocycles. The average molecular weight is 234 g/mol. The van der Waals surface area contributed by atoms with E-state index >= 15 is 0 Å². The Bertz CT molecular complexity index is 397. The molecule has 0 atom stereocenters. The van der Waals surface area contributed by atoms with Crippen molar-refractivity contribution in [3.05, 3.63) is 24.0 Å². The number of hydrogen-bond donors (Lipinski definition) is 0. The van der Waals surface area contributed by atoms with E-state index in [9.17, 15) is 9.59 Å². The van der Waals surface area contributed by atoms with Crippen molar-refractivity contribution in [2.24, 2.45) is 0 Å². The van der Waals surface area contributed by atoms with Crippen LogP contribution < -0.4 is 4.74 Å². The summed E-state index contributed by atoms with van der Waals surface area (Å²) >= 11 is 0. The first-order valence-electron chi connectivity index (χ1n) is 5.61. The second-order valence-electron chi connectivity index (χ2n) is 3.91. The molecule has 1 amide bonds. The zero-order valence-corrected chi connectivity index (χ0v) is 9.46. The highest BCUT2D eigenvalue weighted by molar-refractivity contribution is 5.78. The lowest BCUT2D eigenvalue weighted by molar-refractivity contribution is -0.132. The summed E-state index contributed by atoms with van der Waals surface area (Å²) < 4.78 is 5.31. The summed E-state index contributed by atoms with van der Waals surface area (Å²) in [6.45, 7) is 1.68. The molecule has 0 N–H and O–H groups in total. The first kappa shape index (κ1) is 11.6. The molecule has 1 saturated heterocycles. The van der Waals surface area contributed by atoms with Gasteiger partial charge in [0.25, 0.3) is 5.91 Å². The Morgan fingerprint density at radius 3 is 2.76 bits per heavy atom. The number of aromatic nitrogens is 1. The number of likely N-dealkylation sites (tertiary alicyclic amines) is 1. The van der Waals surface area contributed by atoms with Gasteiger partial charge < -0.3 is 9.64 Å². The Balaban J connectivity index is 1.84. The molecular formula is C12H14N2O3. The van der Waals surface area contributed by atoms with Gasteiger partial charge in [0.15, 0.2) is 12.9 Å². The van der Waals surface area contributed by atoms with Crippen LogP contribution in [-0.2, 0) is 4.79 Å².